The van der Waals surface area contributed by atoms with Crippen LogP contribution in [0.5, 0.6) is 0 Å². The van der Waals surface area contributed by atoms with E-state index in [-0.39, 0.29) is 5.82 Å². The summed E-state index contributed by atoms with van der Waals surface area (Å²) < 4.78 is 14.2. The molecule has 1 fully saturated rings. The molecule has 1 heterocycles. The Morgan fingerprint density at radius 3 is 2.80 bits per heavy atom. The third-order valence-electron chi connectivity index (χ3n) is 4.47. The van der Waals surface area contributed by atoms with Crippen molar-refractivity contribution in [3.63, 3.8) is 0 Å². The van der Waals surface area contributed by atoms with Crippen LogP contribution in [-0.2, 0) is 0 Å². The molecule has 3 atom stereocenters. The van der Waals surface area contributed by atoms with Crippen LogP contribution in [0.3, 0.4) is 0 Å². The minimum Gasteiger partial charge on any atom is -0.363 e. The van der Waals surface area contributed by atoms with E-state index < -0.39 is 0 Å². The molecule has 2 rings (SSSR count). The molecule has 1 aromatic rings. The lowest BCUT2D eigenvalue weighted by Gasteiger charge is -2.43. The van der Waals surface area contributed by atoms with Crippen LogP contribution in [0.1, 0.15) is 33.6 Å². The first-order valence-corrected chi connectivity index (χ1v) is 7.89. The van der Waals surface area contributed by atoms with Crippen LogP contribution < -0.4 is 10.2 Å². The number of hydrogen-bond acceptors (Lipinski definition) is 2. The van der Waals surface area contributed by atoms with Crippen LogP contribution in [0.15, 0.2) is 18.2 Å². The van der Waals surface area contributed by atoms with E-state index in [1.165, 1.54) is 6.07 Å². The molecule has 112 valence electrons. The van der Waals surface area contributed by atoms with Crippen LogP contribution in [0.4, 0.5) is 10.1 Å². The van der Waals surface area contributed by atoms with Gasteiger partial charge in [-0.15, -0.1) is 0 Å². The number of nitrogens with one attached hydrogen (secondary N) is 1. The van der Waals surface area contributed by atoms with E-state index in [0.717, 1.165) is 25.9 Å². The SMILES string of the molecule is CCC(C)C1CN(c2ccc(Cl)cc2F)C(CC)CN1. The molecule has 1 aliphatic heterocycles. The quantitative estimate of drug-likeness (QED) is 0.901. The predicted octanol–water partition coefficient (Wildman–Crippen LogP) is 4.08. The second-order valence-corrected chi connectivity index (χ2v) is 6.15. The molecule has 1 aromatic carbocycles. The van der Waals surface area contributed by atoms with Crippen LogP contribution in [0, 0.1) is 11.7 Å². The Balaban J connectivity index is 2.24. The van der Waals surface area contributed by atoms with Gasteiger partial charge in [0.15, 0.2) is 0 Å². The molecule has 0 saturated carbocycles. The van der Waals surface area contributed by atoms with E-state index in [2.05, 4.69) is 31.0 Å². The van der Waals surface area contributed by atoms with Crippen molar-refractivity contribution in [3.05, 3.63) is 29.0 Å². The molecule has 2 nitrogen and oxygen atoms in total. The number of piperazine rings is 1. The molecule has 3 unspecified atom stereocenters. The fourth-order valence-corrected chi connectivity index (χ4v) is 3.02. The maximum Gasteiger partial charge on any atom is 0.147 e. The third kappa shape index (κ3) is 3.26. The van der Waals surface area contributed by atoms with Gasteiger partial charge < -0.3 is 10.2 Å². The maximum atomic E-state index is 14.2. The zero-order chi connectivity index (χ0) is 14.7. The zero-order valence-electron chi connectivity index (χ0n) is 12.5. The molecular weight excluding hydrogens is 275 g/mol. The second-order valence-electron chi connectivity index (χ2n) is 5.71. The van der Waals surface area contributed by atoms with Gasteiger partial charge in [0.25, 0.3) is 0 Å². The molecule has 0 radical (unpaired) electrons. The summed E-state index contributed by atoms with van der Waals surface area (Å²) in [5, 5.41) is 4.06. The minimum absolute atomic E-state index is 0.222. The van der Waals surface area contributed by atoms with Gasteiger partial charge in [0.05, 0.1) is 5.69 Å². The van der Waals surface area contributed by atoms with Gasteiger partial charge in [-0.1, -0.05) is 38.8 Å². The van der Waals surface area contributed by atoms with Crippen molar-refractivity contribution in [1.29, 1.82) is 0 Å². The molecule has 0 amide bonds. The van der Waals surface area contributed by atoms with Crippen molar-refractivity contribution >= 4 is 17.3 Å². The summed E-state index contributed by atoms with van der Waals surface area (Å²) in [5.41, 5.74) is 0.677. The van der Waals surface area contributed by atoms with Gasteiger partial charge in [0.1, 0.15) is 5.82 Å². The number of rotatable bonds is 4. The maximum absolute atomic E-state index is 14.2. The Hall–Kier alpha value is -0.800. The average molecular weight is 299 g/mol. The highest BCUT2D eigenvalue weighted by Crippen LogP contribution is 2.28. The molecule has 1 N–H and O–H groups in total. The average Bonchev–Trinajstić information content (AvgIpc) is 2.46. The van der Waals surface area contributed by atoms with E-state index in [9.17, 15) is 4.39 Å². The molecule has 0 spiro atoms. The number of hydrogen-bond donors (Lipinski definition) is 1. The Morgan fingerprint density at radius 2 is 2.20 bits per heavy atom. The van der Waals surface area contributed by atoms with Gasteiger partial charge in [0.2, 0.25) is 0 Å². The highest BCUT2D eigenvalue weighted by atomic mass is 35.5. The second kappa shape index (κ2) is 6.77. The monoisotopic (exact) mass is 298 g/mol. The summed E-state index contributed by atoms with van der Waals surface area (Å²) in [6, 6.07) is 5.74. The summed E-state index contributed by atoms with van der Waals surface area (Å²) in [6.07, 6.45) is 2.13. The van der Waals surface area contributed by atoms with Crippen LogP contribution in [-0.4, -0.2) is 25.2 Å². The summed E-state index contributed by atoms with van der Waals surface area (Å²) >= 11 is 5.86. The number of anilines is 1. The first kappa shape index (κ1) is 15.6. The number of benzene rings is 1. The molecule has 20 heavy (non-hydrogen) atoms. The lowest BCUT2D eigenvalue weighted by atomic mass is 9.94. The zero-order valence-corrected chi connectivity index (χ0v) is 13.3. The Bertz CT molecular complexity index is 452. The van der Waals surface area contributed by atoms with Crippen molar-refractivity contribution in [1.82, 2.24) is 5.32 Å². The highest BCUT2D eigenvalue weighted by molar-refractivity contribution is 6.30. The molecule has 4 heteroatoms. The first-order valence-electron chi connectivity index (χ1n) is 7.51. The molecule has 1 aliphatic rings. The standard InChI is InChI=1S/C16H24ClFN2/c1-4-11(3)15-10-20(13(5-2)9-19-15)16-7-6-12(17)8-14(16)18/h6-8,11,13,15,19H,4-5,9-10H2,1-3H3. The molecular formula is C16H24ClFN2. The van der Waals surface area contributed by atoms with Gasteiger partial charge in [-0.2, -0.15) is 0 Å². The lowest BCUT2D eigenvalue weighted by molar-refractivity contribution is 0.304. The smallest absolute Gasteiger partial charge is 0.147 e. The van der Waals surface area contributed by atoms with Crippen LogP contribution in [0.2, 0.25) is 5.02 Å². The number of nitrogens with zero attached hydrogens (tertiary/aromatic N) is 1. The lowest BCUT2D eigenvalue weighted by Crippen LogP contribution is -2.58. The van der Waals surface area contributed by atoms with Crippen molar-refractivity contribution in [2.24, 2.45) is 5.92 Å². The third-order valence-corrected chi connectivity index (χ3v) is 4.71. The van der Waals surface area contributed by atoms with E-state index in [1.54, 1.807) is 12.1 Å². The molecule has 0 aliphatic carbocycles. The van der Waals surface area contributed by atoms with Gasteiger partial charge >= 0.3 is 0 Å². The Labute approximate surface area is 126 Å². The topological polar surface area (TPSA) is 15.3 Å². The van der Waals surface area contributed by atoms with Crippen molar-refractivity contribution in [3.8, 4) is 0 Å². The van der Waals surface area contributed by atoms with Crippen molar-refractivity contribution in [2.45, 2.75) is 45.7 Å². The van der Waals surface area contributed by atoms with Gasteiger partial charge in [0, 0.05) is 30.2 Å². The number of halogens is 2. The van der Waals surface area contributed by atoms with E-state index in [0.29, 0.717) is 28.7 Å². The van der Waals surface area contributed by atoms with E-state index >= 15 is 0 Å². The summed E-state index contributed by atoms with van der Waals surface area (Å²) in [7, 11) is 0. The summed E-state index contributed by atoms with van der Waals surface area (Å²) in [4.78, 5) is 2.21. The molecule has 0 bridgehead atoms. The fraction of sp³-hybridized carbons (Fsp3) is 0.625. The normalized spacial score (nSPS) is 24.8. The first-order chi connectivity index (χ1) is 9.56. The Morgan fingerprint density at radius 1 is 1.45 bits per heavy atom. The van der Waals surface area contributed by atoms with Crippen LogP contribution in [0.25, 0.3) is 0 Å². The molecule has 1 saturated heterocycles. The van der Waals surface area contributed by atoms with E-state index in [1.807, 2.05) is 0 Å². The van der Waals surface area contributed by atoms with Crippen molar-refractivity contribution in [2.75, 3.05) is 18.0 Å². The van der Waals surface area contributed by atoms with Gasteiger partial charge in [-0.05, 0) is 30.5 Å². The van der Waals surface area contributed by atoms with Gasteiger partial charge in [-0.3, -0.25) is 0 Å². The Kier molecular flexibility index (Phi) is 5.28. The van der Waals surface area contributed by atoms with Crippen LogP contribution >= 0.6 is 11.6 Å². The minimum atomic E-state index is -0.222. The van der Waals surface area contributed by atoms with E-state index in [4.69, 9.17) is 11.6 Å². The fourth-order valence-electron chi connectivity index (χ4n) is 2.86. The van der Waals surface area contributed by atoms with Crippen molar-refractivity contribution < 1.29 is 4.39 Å². The highest BCUT2D eigenvalue weighted by Gasteiger charge is 2.30. The predicted molar refractivity (Wildman–Crippen MR) is 84.1 cm³/mol. The largest absolute Gasteiger partial charge is 0.363 e. The molecule has 0 aromatic heterocycles. The summed E-state index contributed by atoms with van der Waals surface area (Å²) in [5.74, 6) is 0.367. The van der Waals surface area contributed by atoms with Gasteiger partial charge in [-0.25, -0.2) is 4.39 Å². The summed E-state index contributed by atoms with van der Waals surface area (Å²) in [6.45, 7) is 8.36.